The third-order valence-corrected chi connectivity index (χ3v) is 3.87. The van der Waals surface area contributed by atoms with Crippen molar-refractivity contribution in [1.82, 2.24) is 14.8 Å². The normalized spacial score (nSPS) is 11.6. The number of hydrogen-bond acceptors (Lipinski definition) is 5. The zero-order valence-corrected chi connectivity index (χ0v) is 14.4. The van der Waals surface area contributed by atoms with Gasteiger partial charge in [0, 0.05) is 17.8 Å². The largest absolute Gasteiger partial charge is 0.497 e. The van der Waals surface area contributed by atoms with Gasteiger partial charge in [0.05, 0.1) is 24.7 Å². The second-order valence-electron chi connectivity index (χ2n) is 5.64. The van der Waals surface area contributed by atoms with Crippen LogP contribution in [0.15, 0.2) is 65.7 Å². The minimum atomic E-state index is -0.784. The summed E-state index contributed by atoms with van der Waals surface area (Å²) in [6, 6.07) is 13.0. The van der Waals surface area contributed by atoms with Gasteiger partial charge in [0.15, 0.2) is 0 Å². The molecule has 1 amide bonds. The SMILES string of the molecule is COc1cccc(-c2ccc(=O)n(C(C)C(=O)Nc3cccnc3)n2)c1. The first-order chi connectivity index (χ1) is 12.6. The molecule has 3 rings (SSSR count). The lowest BCUT2D eigenvalue weighted by molar-refractivity contribution is -0.119. The molecule has 26 heavy (non-hydrogen) atoms. The van der Waals surface area contributed by atoms with Crippen molar-refractivity contribution in [3.8, 4) is 17.0 Å². The number of pyridine rings is 1. The molecule has 0 aliphatic carbocycles. The second-order valence-corrected chi connectivity index (χ2v) is 5.64. The molecular formula is C19H18N4O3. The molecule has 1 atom stereocenters. The molecule has 0 fully saturated rings. The van der Waals surface area contributed by atoms with Crippen LogP contribution in [-0.2, 0) is 4.79 Å². The Bertz CT molecular complexity index is 970. The number of ether oxygens (including phenoxy) is 1. The number of hydrogen-bond donors (Lipinski definition) is 1. The lowest BCUT2D eigenvalue weighted by Crippen LogP contribution is -2.33. The van der Waals surface area contributed by atoms with Crippen molar-refractivity contribution in [3.63, 3.8) is 0 Å². The zero-order chi connectivity index (χ0) is 18.5. The molecule has 132 valence electrons. The molecule has 1 unspecified atom stereocenters. The van der Waals surface area contributed by atoms with Gasteiger partial charge >= 0.3 is 0 Å². The van der Waals surface area contributed by atoms with Crippen LogP contribution in [0.4, 0.5) is 5.69 Å². The van der Waals surface area contributed by atoms with E-state index >= 15 is 0 Å². The van der Waals surface area contributed by atoms with Gasteiger partial charge in [-0.15, -0.1) is 0 Å². The van der Waals surface area contributed by atoms with Gasteiger partial charge in [0.1, 0.15) is 11.8 Å². The average Bonchev–Trinajstić information content (AvgIpc) is 2.68. The highest BCUT2D eigenvalue weighted by Gasteiger charge is 2.18. The van der Waals surface area contributed by atoms with Crippen molar-refractivity contribution in [2.24, 2.45) is 0 Å². The fourth-order valence-corrected chi connectivity index (χ4v) is 2.43. The third-order valence-electron chi connectivity index (χ3n) is 3.87. The van der Waals surface area contributed by atoms with E-state index in [2.05, 4.69) is 15.4 Å². The average molecular weight is 350 g/mol. The van der Waals surface area contributed by atoms with Crippen LogP contribution < -0.4 is 15.6 Å². The molecule has 1 aromatic carbocycles. The van der Waals surface area contributed by atoms with Crippen LogP contribution in [0.5, 0.6) is 5.75 Å². The number of carbonyl (C=O) groups excluding carboxylic acids is 1. The molecule has 3 aromatic rings. The Morgan fingerprint density at radius 3 is 2.77 bits per heavy atom. The zero-order valence-electron chi connectivity index (χ0n) is 14.4. The maximum atomic E-state index is 12.5. The molecule has 0 bridgehead atoms. The molecule has 1 N–H and O–H groups in total. The standard InChI is InChI=1S/C19H18N4O3/c1-13(19(25)21-15-6-4-10-20-12-15)23-18(24)9-8-17(22-23)14-5-3-7-16(11-14)26-2/h3-13H,1-2H3,(H,21,25). The highest BCUT2D eigenvalue weighted by Crippen LogP contribution is 2.21. The first kappa shape index (κ1) is 17.3. The topological polar surface area (TPSA) is 86.1 Å². The highest BCUT2D eigenvalue weighted by molar-refractivity contribution is 5.93. The first-order valence-electron chi connectivity index (χ1n) is 8.03. The minimum absolute atomic E-state index is 0.351. The van der Waals surface area contributed by atoms with Crippen LogP contribution in [0.3, 0.4) is 0 Å². The van der Waals surface area contributed by atoms with E-state index in [0.29, 0.717) is 17.1 Å². The number of aromatic nitrogens is 3. The lowest BCUT2D eigenvalue weighted by atomic mass is 10.1. The Labute approximate surface area is 150 Å². The van der Waals surface area contributed by atoms with E-state index in [0.717, 1.165) is 5.56 Å². The van der Waals surface area contributed by atoms with Gasteiger partial charge in [-0.3, -0.25) is 14.6 Å². The second kappa shape index (κ2) is 7.60. The molecule has 7 heteroatoms. The maximum absolute atomic E-state index is 12.5. The highest BCUT2D eigenvalue weighted by atomic mass is 16.5. The Morgan fingerprint density at radius 2 is 2.04 bits per heavy atom. The van der Waals surface area contributed by atoms with E-state index < -0.39 is 6.04 Å². The quantitative estimate of drug-likeness (QED) is 0.764. The minimum Gasteiger partial charge on any atom is -0.497 e. The van der Waals surface area contributed by atoms with Crippen LogP contribution in [0.25, 0.3) is 11.3 Å². The summed E-state index contributed by atoms with van der Waals surface area (Å²) in [6.45, 7) is 1.62. The van der Waals surface area contributed by atoms with Crippen molar-refractivity contribution in [3.05, 3.63) is 71.3 Å². The van der Waals surface area contributed by atoms with Crippen molar-refractivity contribution < 1.29 is 9.53 Å². The van der Waals surface area contributed by atoms with Crippen LogP contribution in [0.2, 0.25) is 0 Å². The smallest absolute Gasteiger partial charge is 0.267 e. The van der Waals surface area contributed by atoms with Gasteiger partial charge in [-0.05, 0) is 37.3 Å². The van der Waals surface area contributed by atoms with Crippen molar-refractivity contribution in [2.75, 3.05) is 12.4 Å². The summed E-state index contributed by atoms with van der Waals surface area (Å²) in [7, 11) is 1.58. The van der Waals surface area contributed by atoms with E-state index in [-0.39, 0.29) is 11.5 Å². The Morgan fingerprint density at radius 1 is 1.19 bits per heavy atom. The van der Waals surface area contributed by atoms with Crippen LogP contribution >= 0.6 is 0 Å². The van der Waals surface area contributed by atoms with Crippen molar-refractivity contribution in [2.45, 2.75) is 13.0 Å². The number of nitrogens with one attached hydrogen (secondary N) is 1. The lowest BCUT2D eigenvalue weighted by Gasteiger charge is -2.15. The number of anilines is 1. The van der Waals surface area contributed by atoms with E-state index in [1.807, 2.05) is 24.3 Å². The van der Waals surface area contributed by atoms with Gasteiger partial charge in [0.25, 0.3) is 5.56 Å². The monoisotopic (exact) mass is 350 g/mol. The predicted octanol–water partition coefficient (Wildman–Crippen LogP) is 2.51. The summed E-state index contributed by atoms with van der Waals surface area (Å²) in [6.07, 6.45) is 3.15. The van der Waals surface area contributed by atoms with Crippen molar-refractivity contribution in [1.29, 1.82) is 0 Å². The number of carbonyl (C=O) groups is 1. The van der Waals surface area contributed by atoms with Gasteiger partial charge < -0.3 is 10.1 Å². The molecule has 0 spiro atoms. The molecule has 7 nitrogen and oxygen atoms in total. The third kappa shape index (κ3) is 3.77. The molecule has 0 radical (unpaired) electrons. The summed E-state index contributed by atoms with van der Waals surface area (Å²) in [5.41, 5.74) is 1.56. The molecule has 0 aliphatic rings. The molecule has 0 saturated heterocycles. The maximum Gasteiger partial charge on any atom is 0.267 e. The fraction of sp³-hybridized carbons (Fsp3) is 0.158. The Balaban J connectivity index is 1.89. The van der Waals surface area contributed by atoms with Crippen LogP contribution in [0.1, 0.15) is 13.0 Å². The number of methoxy groups -OCH3 is 1. The molecule has 0 aliphatic heterocycles. The van der Waals surface area contributed by atoms with Gasteiger partial charge in [0.2, 0.25) is 5.91 Å². The molecular weight excluding hydrogens is 332 g/mol. The van der Waals surface area contributed by atoms with E-state index in [9.17, 15) is 9.59 Å². The summed E-state index contributed by atoms with van der Waals surface area (Å²) in [5, 5.41) is 7.08. The van der Waals surface area contributed by atoms with Crippen molar-refractivity contribution >= 4 is 11.6 Å². The van der Waals surface area contributed by atoms with Crippen LogP contribution in [0, 0.1) is 0 Å². The summed E-state index contributed by atoms with van der Waals surface area (Å²) in [5.74, 6) is 0.333. The van der Waals surface area contributed by atoms with E-state index in [4.69, 9.17) is 4.74 Å². The number of benzene rings is 1. The number of amides is 1. The van der Waals surface area contributed by atoms with E-state index in [1.54, 1.807) is 38.4 Å². The number of nitrogens with zero attached hydrogens (tertiary/aromatic N) is 3. The van der Waals surface area contributed by atoms with Gasteiger partial charge in [-0.2, -0.15) is 5.10 Å². The Hall–Kier alpha value is -3.48. The fourth-order valence-electron chi connectivity index (χ4n) is 2.43. The first-order valence-corrected chi connectivity index (χ1v) is 8.03. The van der Waals surface area contributed by atoms with Gasteiger partial charge in [-0.1, -0.05) is 12.1 Å². The number of rotatable bonds is 5. The summed E-state index contributed by atoms with van der Waals surface area (Å²) in [4.78, 5) is 28.6. The van der Waals surface area contributed by atoms with E-state index in [1.165, 1.54) is 16.9 Å². The van der Waals surface area contributed by atoms with Gasteiger partial charge in [-0.25, -0.2) is 4.68 Å². The molecule has 0 saturated carbocycles. The van der Waals surface area contributed by atoms with Crippen LogP contribution in [-0.4, -0.2) is 27.8 Å². The molecule has 2 aromatic heterocycles. The molecule has 2 heterocycles. The Kier molecular flexibility index (Phi) is 5.07. The summed E-state index contributed by atoms with van der Waals surface area (Å²) < 4.78 is 6.38. The summed E-state index contributed by atoms with van der Waals surface area (Å²) >= 11 is 0. The predicted molar refractivity (Wildman–Crippen MR) is 98.1 cm³/mol.